The quantitative estimate of drug-likeness (QED) is 0.761. The summed E-state index contributed by atoms with van der Waals surface area (Å²) in [5, 5.41) is 7.23. The van der Waals surface area contributed by atoms with E-state index in [4.69, 9.17) is 5.73 Å². The van der Waals surface area contributed by atoms with Gasteiger partial charge in [-0.05, 0) is 36.2 Å². The predicted octanol–water partition coefficient (Wildman–Crippen LogP) is 2.64. The number of benzene rings is 1. The Morgan fingerprint density at radius 1 is 1.05 bits per heavy atom. The maximum Gasteiger partial charge on any atom is 0.0744 e. The average Bonchev–Trinajstić information content (AvgIpc) is 2.98. The summed E-state index contributed by atoms with van der Waals surface area (Å²) in [5.41, 5.74) is 11.1. The molecule has 4 nitrogen and oxygen atoms in total. The number of aromatic nitrogens is 3. The van der Waals surface area contributed by atoms with E-state index in [-0.39, 0.29) is 0 Å². The van der Waals surface area contributed by atoms with E-state index in [0.29, 0.717) is 6.54 Å². The second-order valence-electron chi connectivity index (χ2n) is 4.64. The molecule has 3 aromatic rings. The number of aromatic amines is 1. The molecule has 0 amide bonds. The summed E-state index contributed by atoms with van der Waals surface area (Å²) in [6, 6.07) is 12.3. The van der Waals surface area contributed by atoms with Gasteiger partial charge in [-0.25, -0.2) is 0 Å². The number of nitrogens with zero attached hydrogens (tertiary/aromatic N) is 2. The molecule has 2 aromatic heterocycles. The fourth-order valence-electron chi connectivity index (χ4n) is 2.30. The molecule has 0 unspecified atom stereocenters. The fourth-order valence-corrected chi connectivity index (χ4v) is 2.30. The van der Waals surface area contributed by atoms with Crippen LogP contribution in [0.4, 0.5) is 0 Å². The number of rotatable bonds is 4. The minimum absolute atomic E-state index is 0.657. The second kappa shape index (κ2) is 5.67. The van der Waals surface area contributed by atoms with Gasteiger partial charge >= 0.3 is 0 Å². The van der Waals surface area contributed by atoms with E-state index in [1.54, 1.807) is 6.20 Å². The van der Waals surface area contributed by atoms with E-state index in [9.17, 15) is 0 Å². The zero-order chi connectivity index (χ0) is 13.8. The normalized spacial score (nSPS) is 10.7. The SMILES string of the molecule is NCCc1cccc(-c2cn[nH]c2-c2cccnc2)c1. The molecule has 0 aliphatic rings. The molecule has 0 aliphatic carbocycles. The molecule has 0 saturated carbocycles. The van der Waals surface area contributed by atoms with Gasteiger partial charge < -0.3 is 5.73 Å². The van der Waals surface area contributed by atoms with E-state index in [0.717, 1.165) is 28.8 Å². The smallest absolute Gasteiger partial charge is 0.0744 e. The molecule has 2 heterocycles. The fraction of sp³-hybridized carbons (Fsp3) is 0.125. The zero-order valence-electron chi connectivity index (χ0n) is 11.1. The third-order valence-electron chi connectivity index (χ3n) is 3.26. The first-order chi connectivity index (χ1) is 9.88. The standard InChI is InChI=1S/C16H16N4/c17-7-6-12-3-1-4-13(9-12)15-11-19-20-16(15)14-5-2-8-18-10-14/h1-5,8-11H,6-7,17H2,(H,19,20). The summed E-state index contributed by atoms with van der Waals surface area (Å²) >= 11 is 0. The average molecular weight is 264 g/mol. The first kappa shape index (κ1) is 12.6. The molecule has 0 fully saturated rings. The first-order valence-electron chi connectivity index (χ1n) is 6.61. The number of pyridine rings is 1. The third kappa shape index (κ3) is 2.46. The molecule has 0 radical (unpaired) electrons. The van der Waals surface area contributed by atoms with E-state index in [1.807, 2.05) is 24.5 Å². The highest BCUT2D eigenvalue weighted by Crippen LogP contribution is 2.29. The van der Waals surface area contributed by atoms with Crippen LogP contribution in [0, 0.1) is 0 Å². The van der Waals surface area contributed by atoms with Gasteiger partial charge in [-0.15, -0.1) is 0 Å². The van der Waals surface area contributed by atoms with Crippen molar-refractivity contribution in [3.05, 3.63) is 60.6 Å². The van der Waals surface area contributed by atoms with Crippen LogP contribution < -0.4 is 5.73 Å². The van der Waals surface area contributed by atoms with Crippen molar-refractivity contribution in [2.45, 2.75) is 6.42 Å². The molecule has 0 aliphatic heterocycles. The molecule has 1 aromatic carbocycles. The summed E-state index contributed by atoms with van der Waals surface area (Å²) in [4.78, 5) is 4.16. The van der Waals surface area contributed by atoms with Crippen LogP contribution in [0.1, 0.15) is 5.56 Å². The first-order valence-corrected chi connectivity index (χ1v) is 6.61. The number of nitrogens with two attached hydrogens (primary N) is 1. The molecule has 100 valence electrons. The summed E-state index contributed by atoms with van der Waals surface area (Å²) < 4.78 is 0. The van der Waals surface area contributed by atoms with Gasteiger partial charge in [0.05, 0.1) is 11.9 Å². The molecule has 0 saturated heterocycles. The highest BCUT2D eigenvalue weighted by Gasteiger charge is 2.10. The zero-order valence-corrected chi connectivity index (χ0v) is 11.1. The lowest BCUT2D eigenvalue weighted by atomic mass is 10.00. The molecule has 0 bridgehead atoms. The van der Waals surface area contributed by atoms with Crippen molar-refractivity contribution in [1.82, 2.24) is 15.2 Å². The van der Waals surface area contributed by atoms with E-state index in [2.05, 4.69) is 39.4 Å². The monoisotopic (exact) mass is 264 g/mol. The van der Waals surface area contributed by atoms with E-state index < -0.39 is 0 Å². The second-order valence-corrected chi connectivity index (χ2v) is 4.64. The Morgan fingerprint density at radius 3 is 2.75 bits per heavy atom. The maximum absolute atomic E-state index is 5.62. The van der Waals surface area contributed by atoms with Crippen LogP contribution in [0.5, 0.6) is 0 Å². The van der Waals surface area contributed by atoms with Crippen LogP contribution in [0.15, 0.2) is 55.0 Å². The minimum Gasteiger partial charge on any atom is -0.330 e. The lowest BCUT2D eigenvalue weighted by Gasteiger charge is -2.05. The van der Waals surface area contributed by atoms with Gasteiger partial charge in [0.15, 0.2) is 0 Å². The van der Waals surface area contributed by atoms with Crippen molar-refractivity contribution in [2.24, 2.45) is 5.73 Å². The van der Waals surface area contributed by atoms with Crippen molar-refractivity contribution >= 4 is 0 Å². The van der Waals surface area contributed by atoms with Crippen molar-refractivity contribution < 1.29 is 0 Å². The molecule has 3 rings (SSSR count). The van der Waals surface area contributed by atoms with Gasteiger partial charge in [0.1, 0.15) is 0 Å². The Balaban J connectivity index is 2.04. The number of hydrogen-bond acceptors (Lipinski definition) is 3. The van der Waals surface area contributed by atoms with Crippen molar-refractivity contribution in [1.29, 1.82) is 0 Å². The number of nitrogens with one attached hydrogen (secondary N) is 1. The van der Waals surface area contributed by atoms with Crippen molar-refractivity contribution in [2.75, 3.05) is 6.54 Å². The van der Waals surface area contributed by atoms with Crippen LogP contribution >= 0.6 is 0 Å². The van der Waals surface area contributed by atoms with Crippen LogP contribution in [-0.2, 0) is 6.42 Å². The highest BCUT2D eigenvalue weighted by molar-refractivity contribution is 5.80. The Kier molecular flexibility index (Phi) is 3.56. The van der Waals surface area contributed by atoms with Gasteiger partial charge in [-0.1, -0.05) is 24.3 Å². The number of H-pyrrole nitrogens is 1. The van der Waals surface area contributed by atoms with Gasteiger partial charge in [0.25, 0.3) is 0 Å². The summed E-state index contributed by atoms with van der Waals surface area (Å²) in [5.74, 6) is 0. The van der Waals surface area contributed by atoms with Gasteiger partial charge in [0, 0.05) is 23.5 Å². The molecular weight excluding hydrogens is 248 g/mol. The third-order valence-corrected chi connectivity index (χ3v) is 3.26. The maximum atomic E-state index is 5.62. The van der Waals surface area contributed by atoms with Crippen LogP contribution in [0.25, 0.3) is 22.4 Å². The molecular formula is C16H16N4. The summed E-state index contributed by atoms with van der Waals surface area (Å²) in [6.45, 7) is 0.657. The largest absolute Gasteiger partial charge is 0.330 e. The van der Waals surface area contributed by atoms with Gasteiger partial charge in [-0.3, -0.25) is 10.1 Å². The highest BCUT2D eigenvalue weighted by atomic mass is 15.1. The Bertz CT molecular complexity index is 688. The van der Waals surface area contributed by atoms with Crippen molar-refractivity contribution in [3.8, 4) is 22.4 Å². The van der Waals surface area contributed by atoms with Gasteiger partial charge in [0.2, 0.25) is 0 Å². The van der Waals surface area contributed by atoms with Crippen LogP contribution in [0.2, 0.25) is 0 Å². The Hall–Kier alpha value is -2.46. The van der Waals surface area contributed by atoms with Crippen LogP contribution in [0.3, 0.4) is 0 Å². The minimum atomic E-state index is 0.657. The Morgan fingerprint density at radius 2 is 1.95 bits per heavy atom. The lowest BCUT2D eigenvalue weighted by Crippen LogP contribution is -2.02. The predicted molar refractivity (Wildman–Crippen MR) is 80.0 cm³/mol. The van der Waals surface area contributed by atoms with E-state index in [1.165, 1.54) is 5.56 Å². The molecule has 20 heavy (non-hydrogen) atoms. The lowest BCUT2D eigenvalue weighted by molar-refractivity contribution is 0.969. The van der Waals surface area contributed by atoms with Gasteiger partial charge in [-0.2, -0.15) is 5.10 Å². The molecule has 0 atom stereocenters. The Labute approximate surface area is 117 Å². The van der Waals surface area contributed by atoms with Crippen molar-refractivity contribution in [3.63, 3.8) is 0 Å². The molecule has 0 spiro atoms. The topological polar surface area (TPSA) is 67.6 Å². The summed E-state index contributed by atoms with van der Waals surface area (Å²) in [7, 11) is 0. The molecule has 3 N–H and O–H groups in total. The summed E-state index contributed by atoms with van der Waals surface area (Å²) in [6.07, 6.45) is 6.33. The van der Waals surface area contributed by atoms with E-state index >= 15 is 0 Å². The van der Waals surface area contributed by atoms with Crippen LogP contribution in [-0.4, -0.2) is 21.7 Å². The number of hydrogen-bond donors (Lipinski definition) is 2. The molecule has 4 heteroatoms.